The molecule has 0 aliphatic carbocycles. The van der Waals surface area contributed by atoms with Gasteiger partial charge in [-0.15, -0.1) is 4.91 Å². The monoisotopic (exact) mass is 335 g/mol. The number of amides is 2. The van der Waals surface area contributed by atoms with E-state index in [9.17, 15) is 14.5 Å². The first kappa shape index (κ1) is 17.6. The first-order chi connectivity index (χ1) is 11.6. The lowest BCUT2D eigenvalue weighted by Crippen LogP contribution is -2.34. The van der Waals surface area contributed by atoms with Crippen molar-refractivity contribution >= 4 is 17.2 Å². The molecule has 0 aromatic carbocycles. The standard InChI is InChI=1S/C14H21N7O3/c1-20(19-24)14(23)15-7-5-3-2-4-6-8-21-10-18-11-12(21)16-9-17-13(11)22/h9-10H,2-8H2,1H3,(H,15,23)(H,16,17,22). The molecule has 0 spiro atoms. The summed E-state index contributed by atoms with van der Waals surface area (Å²) in [7, 11) is 1.31. The maximum atomic E-state index is 11.6. The van der Waals surface area contributed by atoms with E-state index in [0.29, 0.717) is 17.7 Å². The van der Waals surface area contributed by atoms with Gasteiger partial charge < -0.3 is 14.9 Å². The van der Waals surface area contributed by atoms with Gasteiger partial charge in [-0.3, -0.25) is 4.79 Å². The van der Waals surface area contributed by atoms with E-state index >= 15 is 0 Å². The molecule has 2 aromatic rings. The van der Waals surface area contributed by atoms with E-state index in [-0.39, 0.29) is 5.56 Å². The summed E-state index contributed by atoms with van der Waals surface area (Å²) in [6.07, 6.45) is 7.90. The number of aromatic nitrogens is 4. The normalized spacial score (nSPS) is 10.7. The molecule has 0 unspecified atom stereocenters. The molecule has 0 bridgehead atoms. The molecule has 0 saturated carbocycles. The van der Waals surface area contributed by atoms with Gasteiger partial charge in [-0.25, -0.2) is 14.8 Å². The van der Waals surface area contributed by atoms with Crippen LogP contribution >= 0.6 is 0 Å². The summed E-state index contributed by atoms with van der Waals surface area (Å²) in [6.45, 7) is 1.29. The number of aryl methyl sites for hydroxylation is 1. The Hall–Kier alpha value is -2.78. The van der Waals surface area contributed by atoms with E-state index in [0.717, 1.165) is 43.7 Å². The molecule has 0 aliphatic heterocycles. The Morgan fingerprint density at radius 3 is 2.83 bits per heavy atom. The number of aromatic amines is 1. The van der Waals surface area contributed by atoms with Crippen LogP contribution in [0, 0.1) is 4.91 Å². The zero-order valence-electron chi connectivity index (χ0n) is 13.6. The first-order valence-corrected chi connectivity index (χ1v) is 7.87. The summed E-state index contributed by atoms with van der Waals surface area (Å²) in [5.74, 6) is 0. The van der Waals surface area contributed by atoms with E-state index in [1.54, 1.807) is 6.33 Å². The van der Waals surface area contributed by atoms with Crippen LogP contribution in [0.4, 0.5) is 4.79 Å². The van der Waals surface area contributed by atoms with Crippen molar-refractivity contribution in [3.63, 3.8) is 0 Å². The van der Waals surface area contributed by atoms with Crippen LogP contribution in [0.25, 0.3) is 11.2 Å². The van der Waals surface area contributed by atoms with Crippen LogP contribution in [0.5, 0.6) is 0 Å². The number of carbonyl (C=O) groups excluding carboxylic acids is 1. The number of nitroso groups, excluding NO2 is 1. The van der Waals surface area contributed by atoms with Gasteiger partial charge in [0.1, 0.15) is 0 Å². The minimum absolute atomic E-state index is 0.226. The van der Waals surface area contributed by atoms with Crippen molar-refractivity contribution in [2.24, 2.45) is 5.29 Å². The molecule has 130 valence electrons. The van der Waals surface area contributed by atoms with Crippen LogP contribution in [0.15, 0.2) is 22.7 Å². The lowest BCUT2D eigenvalue weighted by molar-refractivity contribution is 0.210. The third kappa shape index (κ3) is 4.61. The van der Waals surface area contributed by atoms with Crippen molar-refractivity contribution in [2.75, 3.05) is 13.6 Å². The molecule has 10 nitrogen and oxygen atoms in total. The van der Waals surface area contributed by atoms with Crippen molar-refractivity contribution in [1.82, 2.24) is 29.8 Å². The summed E-state index contributed by atoms with van der Waals surface area (Å²) in [4.78, 5) is 43.7. The Labute approximate surface area is 138 Å². The van der Waals surface area contributed by atoms with Gasteiger partial charge in [-0.05, 0) is 12.8 Å². The summed E-state index contributed by atoms with van der Waals surface area (Å²) in [6, 6.07) is -0.487. The van der Waals surface area contributed by atoms with Gasteiger partial charge in [0.05, 0.1) is 17.9 Å². The van der Waals surface area contributed by atoms with Crippen molar-refractivity contribution in [3.8, 4) is 0 Å². The highest BCUT2D eigenvalue weighted by Crippen LogP contribution is 2.08. The van der Waals surface area contributed by atoms with Crippen molar-refractivity contribution < 1.29 is 4.79 Å². The van der Waals surface area contributed by atoms with E-state index in [1.165, 1.54) is 13.4 Å². The van der Waals surface area contributed by atoms with Crippen molar-refractivity contribution in [2.45, 2.75) is 38.6 Å². The maximum absolute atomic E-state index is 11.6. The predicted octanol–water partition coefficient (Wildman–Crippen LogP) is 1.39. The van der Waals surface area contributed by atoms with Gasteiger partial charge in [0.2, 0.25) is 0 Å². The molecule has 2 rings (SSSR count). The third-order valence-corrected chi connectivity index (χ3v) is 3.68. The number of nitrogens with one attached hydrogen (secondary N) is 2. The molecule has 0 saturated heterocycles. The molecule has 0 aliphatic rings. The predicted molar refractivity (Wildman–Crippen MR) is 88.2 cm³/mol. The van der Waals surface area contributed by atoms with E-state index in [4.69, 9.17) is 0 Å². The van der Waals surface area contributed by atoms with E-state index in [1.807, 2.05) is 4.57 Å². The molecule has 0 atom stereocenters. The second kappa shape index (κ2) is 8.75. The number of rotatable bonds is 9. The summed E-state index contributed by atoms with van der Waals surface area (Å²) < 4.78 is 1.88. The Morgan fingerprint density at radius 2 is 2.04 bits per heavy atom. The number of hydrogen-bond donors (Lipinski definition) is 2. The molecule has 0 radical (unpaired) electrons. The highest BCUT2D eigenvalue weighted by Gasteiger charge is 2.07. The Balaban J connectivity index is 1.60. The quantitative estimate of drug-likeness (QED) is 0.407. The molecule has 2 N–H and O–H groups in total. The SMILES string of the molecule is CN(N=O)C(=O)NCCCCCCCn1cnc2c(=O)[nH]cnc21. The highest BCUT2D eigenvalue weighted by molar-refractivity contribution is 5.73. The minimum atomic E-state index is -0.487. The first-order valence-electron chi connectivity index (χ1n) is 7.87. The maximum Gasteiger partial charge on any atom is 0.340 e. The van der Waals surface area contributed by atoms with Gasteiger partial charge >= 0.3 is 6.03 Å². The zero-order chi connectivity index (χ0) is 17.4. The fraction of sp³-hybridized carbons (Fsp3) is 0.571. The number of urea groups is 1. The van der Waals surface area contributed by atoms with Gasteiger partial charge in [0.15, 0.2) is 11.2 Å². The number of H-pyrrole nitrogens is 1. The van der Waals surface area contributed by atoms with Crippen LogP contribution in [0.1, 0.15) is 32.1 Å². The molecule has 2 aromatic heterocycles. The lowest BCUT2D eigenvalue weighted by atomic mass is 10.1. The number of fused-ring (bicyclic) bond motifs is 1. The average molecular weight is 335 g/mol. The number of nitrogens with zero attached hydrogens (tertiary/aromatic N) is 5. The van der Waals surface area contributed by atoms with Gasteiger partial charge in [0.25, 0.3) is 5.56 Å². The van der Waals surface area contributed by atoms with Crippen molar-refractivity contribution in [1.29, 1.82) is 0 Å². The zero-order valence-corrected chi connectivity index (χ0v) is 13.6. The van der Waals surface area contributed by atoms with Crippen molar-refractivity contribution in [3.05, 3.63) is 27.9 Å². The Kier molecular flexibility index (Phi) is 6.41. The minimum Gasteiger partial charge on any atom is -0.336 e. The van der Waals surface area contributed by atoms with Gasteiger partial charge in [0, 0.05) is 20.1 Å². The van der Waals surface area contributed by atoms with E-state index < -0.39 is 6.03 Å². The summed E-state index contributed by atoms with van der Waals surface area (Å²) in [5.41, 5.74) is 0.744. The van der Waals surface area contributed by atoms with Crippen LogP contribution in [-0.4, -0.2) is 44.2 Å². The molecular weight excluding hydrogens is 314 g/mol. The van der Waals surface area contributed by atoms with Gasteiger partial charge in [-0.2, -0.15) is 5.01 Å². The smallest absolute Gasteiger partial charge is 0.336 e. The summed E-state index contributed by atoms with van der Waals surface area (Å²) in [5, 5.41) is 5.86. The molecule has 10 heteroatoms. The fourth-order valence-electron chi connectivity index (χ4n) is 2.34. The molecule has 2 heterocycles. The number of imidazole rings is 1. The average Bonchev–Trinajstić information content (AvgIpc) is 3.00. The second-order valence-electron chi connectivity index (χ2n) is 5.45. The molecular formula is C14H21N7O3. The molecule has 24 heavy (non-hydrogen) atoms. The second-order valence-corrected chi connectivity index (χ2v) is 5.45. The topological polar surface area (TPSA) is 125 Å². The Morgan fingerprint density at radius 1 is 1.29 bits per heavy atom. The largest absolute Gasteiger partial charge is 0.340 e. The number of hydrogen-bond acceptors (Lipinski definition) is 6. The molecule has 2 amide bonds. The van der Waals surface area contributed by atoms with Crippen LogP contribution in [-0.2, 0) is 6.54 Å². The summed E-state index contributed by atoms with van der Waals surface area (Å²) >= 11 is 0. The Bertz CT molecular complexity index is 739. The third-order valence-electron chi connectivity index (χ3n) is 3.68. The van der Waals surface area contributed by atoms with Crippen LogP contribution in [0.2, 0.25) is 0 Å². The fourth-order valence-corrected chi connectivity index (χ4v) is 2.34. The van der Waals surface area contributed by atoms with E-state index in [2.05, 4.69) is 25.6 Å². The van der Waals surface area contributed by atoms with Crippen LogP contribution in [0.3, 0.4) is 0 Å². The van der Waals surface area contributed by atoms with Gasteiger partial charge in [-0.1, -0.05) is 19.3 Å². The number of unbranched alkanes of at least 4 members (excludes halogenated alkanes) is 4. The lowest BCUT2D eigenvalue weighted by Gasteiger charge is -2.08. The molecule has 0 fully saturated rings. The number of carbonyl (C=O) groups is 1. The highest BCUT2D eigenvalue weighted by atomic mass is 16.3. The van der Waals surface area contributed by atoms with Crippen LogP contribution < -0.4 is 10.9 Å².